The lowest BCUT2D eigenvalue weighted by Crippen LogP contribution is -2.72. The number of fused-ring (bicyclic) bond motifs is 2. The summed E-state index contributed by atoms with van der Waals surface area (Å²) in [4.78, 5) is 12.2. The van der Waals surface area contributed by atoms with E-state index < -0.39 is 11.9 Å². The molecule has 130 valence electrons. The molecule has 2 saturated carbocycles. The first-order chi connectivity index (χ1) is 11.6. The van der Waals surface area contributed by atoms with Crippen LogP contribution >= 0.6 is 0 Å². The van der Waals surface area contributed by atoms with Crippen molar-refractivity contribution in [1.29, 1.82) is 0 Å². The molecule has 24 heavy (non-hydrogen) atoms. The molecule has 0 aromatic heterocycles. The molecule has 4 unspecified atom stereocenters. The van der Waals surface area contributed by atoms with Gasteiger partial charge in [-0.25, -0.2) is 9.18 Å². The SMILES string of the molecule is O=C(NCC(O)c1ccccc1F)NC1C2CCOC2C12CCC2. The van der Waals surface area contributed by atoms with Gasteiger partial charge < -0.3 is 20.5 Å². The van der Waals surface area contributed by atoms with E-state index in [2.05, 4.69) is 10.6 Å². The van der Waals surface area contributed by atoms with E-state index in [1.807, 2.05) is 0 Å². The molecule has 3 aliphatic rings. The Hall–Kier alpha value is -1.66. The molecule has 1 aliphatic heterocycles. The third-order valence-corrected chi connectivity index (χ3v) is 6.04. The summed E-state index contributed by atoms with van der Waals surface area (Å²) in [5.74, 6) is -0.0573. The molecular formula is C18H23FN2O3. The standard InChI is InChI=1S/C18H23FN2O3/c19-13-5-2-1-4-11(13)14(22)10-20-17(23)21-15-12-6-9-24-16(12)18(15)7-3-8-18/h1-2,4-5,12,14-16,22H,3,6-10H2,(H2,20,21,23). The van der Waals surface area contributed by atoms with Crippen LogP contribution in [0.5, 0.6) is 0 Å². The highest BCUT2D eigenvalue weighted by atomic mass is 19.1. The van der Waals surface area contributed by atoms with Crippen LogP contribution in [0, 0.1) is 17.2 Å². The average molecular weight is 334 g/mol. The molecule has 2 aliphatic carbocycles. The Bertz CT molecular complexity index is 634. The number of aliphatic hydroxyl groups excluding tert-OH is 1. The summed E-state index contributed by atoms with van der Waals surface area (Å²) in [6, 6.07) is 5.91. The van der Waals surface area contributed by atoms with Crippen molar-refractivity contribution in [2.45, 2.75) is 43.9 Å². The maximum absolute atomic E-state index is 13.6. The van der Waals surface area contributed by atoms with E-state index in [1.54, 1.807) is 12.1 Å². The lowest BCUT2D eigenvalue weighted by molar-refractivity contribution is -0.172. The fourth-order valence-corrected chi connectivity index (χ4v) is 4.69. The summed E-state index contributed by atoms with van der Waals surface area (Å²) in [7, 11) is 0. The van der Waals surface area contributed by atoms with Crippen LogP contribution in [0.1, 0.15) is 37.4 Å². The predicted molar refractivity (Wildman–Crippen MR) is 85.8 cm³/mol. The number of rotatable bonds is 4. The summed E-state index contributed by atoms with van der Waals surface area (Å²) in [6.45, 7) is 0.764. The van der Waals surface area contributed by atoms with Crippen LogP contribution in [0.25, 0.3) is 0 Å². The quantitative estimate of drug-likeness (QED) is 0.790. The van der Waals surface area contributed by atoms with Gasteiger partial charge in [-0.1, -0.05) is 24.6 Å². The first kappa shape index (κ1) is 15.8. The van der Waals surface area contributed by atoms with Gasteiger partial charge in [0.05, 0.1) is 12.2 Å². The summed E-state index contributed by atoms with van der Waals surface area (Å²) in [6.07, 6.45) is 3.65. The third-order valence-electron chi connectivity index (χ3n) is 6.04. The number of hydrogen-bond acceptors (Lipinski definition) is 3. The van der Waals surface area contributed by atoms with Crippen LogP contribution in [0.2, 0.25) is 0 Å². The van der Waals surface area contributed by atoms with Crippen molar-refractivity contribution in [3.05, 3.63) is 35.6 Å². The summed E-state index contributed by atoms with van der Waals surface area (Å²) in [5.41, 5.74) is 0.323. The molecule has 1 heterocycles. The molecule has 2 amide bonds. The van der Waals surface area contributed by atoms with Gasteiger partial charge in [-0.3, -0.25) is 0 Å². The Kier molecular flexibility index (Phi) is 3.96. The summed E-state index contributed by atoms with van der Waals surface area (Å²) < 4.78 is 19.5. The fourth-order valence-electron chi connectivity index (χ4n) is 4.69. The van der Waals surface area contributed by atoms with E-state index in [-0.39, 0.29) is 29.6 Å². The summed E-state index contributed by atoms with van der Waals surface area (Å²) in [5, 5.41) is 15.8. The largest absolute Gasteiger partial charge is 0.386 e. The lowest BCUT2D eigenvalue weighted by atomic mass is 9.46. The van der Waals surface area contributed by atoms with Gasteiger partial charge in [-0.15, -0.1) is 0 Å². The van der Waals surface area contributed by atoms with E-state index in [9.17, 15) is 14.3 Å². The zero-order chi connectivity index (χ0) is 16.7. The number of nitrogens with one attached hydrogen (secondary N) is 2. The molecule has 1 aromatic carbocycles. The monoisotopic (exact) mass is 334 g/mol. The molecule has 1 saturated heterocycles. The van der Waals surface area contributed by atoms with Crippen molar-refractivity contribution >= 4 is 6.03 Å². The Morgan fingerprint density at radius 1 is 1.42 bits per heavy atom. The number of urea groups is 1. The van der Waals surface area contributed by atoms with E-state index in [0.717, 1.165) is 25.9 Å². The molecule has 6 heteroatoms. The molecule has 3 fully saturated rings. The molecule has 4 rings (SSSR count). The maximum Gasteiger partial charge on any atom is 0.315 e. The number of carbonyl (C=O) groups excluding carboxylic acids is 1. The molecule has 1 spiro atoms. The minimum atomic E-state index is -1.06. The van der Waals surface area contributed by atoms with Crippen LogP contribution in [0.15, 0.2) is 24.3 Å². The first-order valence-corrected chi connectivity index (χ1v) is 8.70. The number of hydrogen-bond donors (Lipinski definition) is 3. The zero-order valence-electron chi connectivity index (χ0n) is 13.5. The lowest BCUT2D eigenvalue weighted by Gasteiger charge is -2.63. The smallest absolute Gasteiger partial charge is 0.315 e. The zero-order valence-corrected chi connectivity index (χ0v) is 13.5. The molecular weight excluding hydrogens is 311 g/mol. The molecule has 1 aromatic rings. The highest BCUT2D eigenvalue weighted by molar-refractivity contribution is 5.74. The topological polar surface area (TPSA) is 70.6 Å². The minimum Gasteiger partial charge on any atom is -0.386 e. The van der Waals surface area contributed by atoms with Gasteiger partial charge in [0.1, 0.15) is 5.82 Å². The van der Waals surface area contributed by atoms with E-state index in [0.29, 0.717) is 12.0 Å². The number of halogens is 1. The van der Waals surface area contributed by atoms with Gasteiger partial charge in [0, 0.05) is 36.1 Å². The van der Waals surface area contributed by atoms with Crippen LogP contribution in [0.3, 0.4) is 0 Å². The molecule has 3 N–H and O–H groups in total. The van der Waals surface area contributed by atoms with Gasteiger partial charge in [-0.2, -0.15) is 0 Å². The summed E-state index contributed by atoms with van der Waals surface area (Å²) >= 11 is 0. The van der Waals surface area contributed by atoms with Gasteiger partial charge >= 0.3 is 6.03 Å². The van der Waals surface area contributed by atoms with Gasteiger partial charge in [0.25, 0.3) is 0 Å². The van der Waals surface area contributed by atoms with Gasteiger partial charge in [-0.05, 0) is 25.3 Å². The second kappa shape index (κ2) is 6.01. The molecule has 0 bridgehead atoms. The molecule has 4 atom stereocenters. The van der Waals surface area contributed by atoms with Crippen LogP contribution in [0.4, 0.5) is 9.18 Å². The van der Waals surface area contributed by atoms with Gasteiger partial charge in [0.15, 0.2) is 0 Å². The number of carbonyl (C=O) groups is 1. The highest BCUT2D eigenvalue weighted by Gasteiger charge is 2.66. The normalized spacial score (nSPS) is 30.8. The van der Waals surface area contributed by atoms with Crippen LogP contribution in [-0.2, 0) is 4.74 Å². The molecule has 0 radical (unpaired) electrons. The Labute approximate surface area is 140 Å². The van der Waals surface area contributed by atoms with E-state index in [1.165, 1.54) is 18.6 Å². The second-order valence-electron chi connectivity index (χ2n) is 7.20. The number of ether oxygens (including phenoxy) is 1. The molecule has 5 nitrogen and oxygen atoms in total. The average Bonchev–Trinajstić information content (AvgIpc) is 2.94. The van der Waals surface area contributed by atoms with Crippen molar-refractivity contribution in [2.24, 2.45) is 11.3 Å². The Morgan fingerprint density at radius 3 is 2.92 bits per heavy atom. The predicted octanol–water partition coefficient (Wildman–Crippen LogP) is 2.12. The highest BCUT2D eigenvalue weighted by Crippen LogP contribution is 2.62. The maximum atomic E-state index is 13.6. The van der Waals surface area contributed by atoms with E-state index in [4.69, 9.17) is 4.74 Å². The third kappa shape index (κ3) is 2.40. The van der Waals surface area contributed by atoms with Crippen LogP contribution < -0.4 is 10.6 Å². The Morgan fingerprint density at radius 2 is 2.21 bits per heavy atom. The number of benzene rings is 1. The van der Waals surface area contributed by atoms with Crippen molar-refractivity contribution in [3.63, 3.8) is 0 Å². The minimum absolute atomic E-state index is 0.0168. The van der Waals surface area contributed by atoms with Crippen LogP contribution in [-0.4, -0.2) is 36.4 Å². The Balaban J connectivity index is 1.32. The second-order valence-corrected chi connectivity index (χ2v) is 7.20. The van der Waals surface area contributed by atoms with Crippen molar-refractivity contribution < 1.29 is 19.0 Å². The van der Waals surface area contributed by atoms with Crippen molar-refractivity contribution in [3.8, 4) is 0 Å². The first-order valence-electron chi connectivity index (χ1n) is 8.70. The number of amides is 2. The van der Waals surface area contributed by atoms with Gasteiger partial charge in [0.2, 0.25) is 0 Å². The van der Waals surface area contributed by atoms with E-state index >= 15 is 0 Å². The van der Waals surface area contributed by atoms with Crippen molar-refractivity contribution in [1.82, 2.24) is 10.6 Å². The van der Waals surface area contributed by atoms with Crippen molar-refractivity contribution in [2.75, 3.05) is 13.2 Å². The fraction of sp³-hybridized carbons (Fsp3) is 0.611. The number of aliphatic hydroxyl groups is 1.